The highest BCUT2D eigenvalue weighted by Crippen LogP contribution is 2.27. The van der Waals surface area contributed by atoms with Crippen molar-refractivity contribution in [2.45, 2.75) is 6.61 Å². The van der Waals surface area contributed by atoms with E-state index in [4.69, 9.17) is 25.8 Å². The number of esters is 1. The van der Waals surface area contributed by atoms with Crippen molar-refractivity contribution in [3.63, 3.8) is 0 Å². The first kappa shape index (κ1) is 17.6. The molecule has 0 unspecified atom stereocenters. The Kier molecular flexibility index (Phi) is 5.59. The van der Waals surface area contributed by atoms with Gasteiger partial charge in [0.15, 0.2) is 0 Å². The van der Waals surface area contributed by atoms with Crippen LogP contribution in [0.4, 0.5) is 5.69 Å². The minimum atomic E-state index is -0.709. The lowest BCUT2D eigenvalue weighted by molar-refractivity contribution is -0.384. The molecule has 2 aromatic rings. The summed E-state index contributed by atoms with van der Waals surface area (Å²) >= 11 is 5.72. The van der Waals surface area contributed by atoms with Gasteiger partial charge in [-0.1, -0.05) is 11.6 Å². The second-order valence-corrected chi connectivity index (χ2v) is 5.08. The van der Waals surface area contributed by atoms with E-state index in [0.717, 1.165) is 6.07 Å². The maximum Gasteiger partial charge on any atom is 0.338 e. The zero-order valence-corrected chi connectivity index (χ0v) is 13.7. The standard InChI is InChI=1S/C16H14ClNO6/c1-22-12-4-6-15(23-2)11(7-12)9-24-16(19)10-3-5-13(17)14(8-10)18(20)21/h3-8H,9H2,1-2H3. The monoisotopic (exact) mass is 351 g/mol. The molecule has 8 heteroatoms. The summed E-state index contributed by atoms with van der Waals surface area (Å²) in [6.07, 6.45) is 0. The SMILES string of the molecule is COc1ccc(OC)c(COC(=O)c2ccc(Cl)c([N+](=O)[O-])c2)c1. The molecule has 2 aromatic carbocycles. The molecule has 0 atom stereocenters. The summed E-state index contributed by atoms with van der Waals surface area (Å²) in [5.74, 6) is 0.411. The normalized spacial score (nSPS) is 10.1. The highest BCUT2D eigenvalue weighted by molar-refractivity contribution is 6.32. The van der Waals surface area contributed by atoms with Crippen molar-refractivity contribution < 1.29 is 23.9 Å². The molecule has 0 aliphatic carbocycles. The Morgan fingerprint density at radius 2 is 1.92 bits per heavy atom. The predicted molar refractivity (Wildman–Crippen MR) is 86.8 cm³/mol. The Morgan fingerprint density at radius 1 is 1.17 bits per heavy atom. The number of hydrogen-bond donors (Lipinski definition) is 0. The van der Waals surface area contributed by atoms with Crippen molar-refractivity contribution in [1.82, 2.24) is 0 Å². The average Bonchev–Trinajstić information content (AvgIpc) is 2.59. The van der Waals surface area contributed by atoms with Crippen LogP contribution >= 0.6 is 11.6 Å². The van der Waals surface area contributed by atoms with Crippen molar-refractivity contribution in [3.05, 3.63) is 62.7 Å². The van der Waals surface area contributed by atoms with Crippen molar-refractivity contribution in [2.75, 3.05) is 14.2 Å². The molecular weight excluding hydrogens is 338 g/mol. The molecule has 0 saturated heterocycles. The zero-order chi connectivity index (χ0) is 17.7. The van der Waals surface area contributed by atoms with E-state index in [2.05, 4.69) is 0 Å². The smallest absolute Gasteiger partial charge is 0.338 e. The highest BCUT2D eigenvalue weighted by atomic mass is 35.5. The van der Waals surface area contributed by atoms with E-state index in [1.54, 1.807) is 18.2 Å². The van der Waals surface area contributed by atoms with Crippen LogP contribution in [-0.2, 0) is 11.3 Å². The van der Waals surface area contributed by atoms with Crippen molar-refractivity contribution in [2.24, 2.45) is 0 Å². The number of methoxy groups -OCH3 is 2. The molecule has 126 valence electrons. The van der Waals surface area contributed by atoms with Gasteiger partial charge in [-0.2, -0.15) is 0 Å². The zero-order valence-electron chi connectivity index (χ0n) is 12.9. The molecule has 0 fully saturated rings. The van der Waals surface area contributed by atoms with E-state index in [9.17, 15) is 14.9 Å². The Bertz CT molecular complexity index is 777. The number of halogens is 1. The third-order valence-electron chi connectivity index (χ3n) is 3.22. The number of hydrogen-bond acceptors (Lipinski definition) is 6. The van der Waals surface area contributed by atoms with Gasteiger partial charge in [0.1, 0.15) is 23.1 Å². The largest absolute Gasteiger partial charge is 0.497 e. The maximum absolute atomic E-state index is 12.1. The van der Waals surface area contributed by atoms with Gasteiger partial charge in [0.2, 0.25) is 0 Å². The first-order valence-electron chi connectivity index (χ1n) is 6.78. The molecule has 0 saturated carbocycles. The second-order valence-electron chi connectivity index (χ2n) is 4.68. The van der Waals surface area contributed by atoms with Crippen LogP contribution in [0.1, 0.15) is 15.9 Å². The van der Waals surface area contributed by atoms with Gasteiger partial charge in [-0.15, -0.1) is 0 Å². The summed E-state index contributed by atoms with van der Waals surface area (Å²) in [6.45, 7) is -0.0738. The minimum absolute atomic E-state index is 0.0352. The van der Waals surface area contributed by atoms with Gasteiger partial charge in [0, 0.05) is 11.6 Å². The Labute approximate surface area is 142 Å². The van der Waals surface area contributed by atoms with Crippen LogP contribution in [0.3, 0.4) is 0 Å². The van der Waals surface area contributed by atoms with Crippen LogP contribution in [0.15, 0.2) is 36.4 Å². The molecule has 0 aromatic heterocycles. The summed E-state index contributed by atoms with van der Waals surface area (Å²) in [5.41, 5.74) is 0.284. The van der Waals surface area contributed by atoms with Gasteiger partial charge < -0.3 is 14.2 Å². The van der Waals surface area contributed by atoms with Crippen molar-refractivity contribution >= 4 is 23.3 Å². The molecule has 0 bridgehead atoms. The third kappa shape index (κ3) is 3.94. The summed E-state index contributed by atoms with van der Waals surface area (Å²) in [7, 11) is 3.01. The molecule has 24 heavy (non-hydrogen) atoms. The van der Waals surface area contributed by atoms with E-state index < -0.39 is 10.9 Å². The summed E-state index contributed by atoms with van der Waals surface area (Å²) < 4.78 is 15.5. The Hall–Kier alpha value is -2.80. The highest BCUT2D eigenvalue weighted by Gasteiger charge is 2.17. The summed E-state index contributed by atoms with van der Waals surface area (Å²) in [6, 6.07) is 8.80. The molecule has 0 amide bonds. The van der Waals surface area contributed by atoms with E-state index >= 15 is 0 Å². The fraction of sp³-hybridized carbons (Fsp3) is 0.188. The van der Waals surface area contributed by atoms with Gasteiger partial charge in [-0.3, -0.25) is 10.1 Å². The van der Waals surface area contributed by atoms with Gasteiger partial charge >= 0.3 is 5.97 Å². The average molecular weight is 352 g/mol. The van der Waals surface area contributed by atoms with E-state index in [1.165, 1.54) is 26.4 Å². The van der Waals surface area contributed by atoms with Gasteiger partial charge in [-0.05, 0) is 30.3 Å². The molecule has 0 heterocycles. The first-order chi connectivity index (χ1) is 11.5. The van der Waals surface area contributed by atoms with Crippen LogP contribution in [0.2, 0.25) is 5.02 Å². The van der Waals surface area contributed by atoms with Gasteiger partial charge in [0.05, 0.1) is 24.7 Å². The predicted octanol–water partition coefficient (Wildman–Crippen LogP) is 3.62. The fourth-order valence-electron chi connectivity index (χ4n) is 2.00. The lowest BCUT2D eigenvalue weighted by atomic mass is 10.2. The number of ether oxygens (including phenoxy) is 3. The Morgan fingerprint density at radius 3 is 2.54 bits per heavy atom. The quantitative estimate of drug-likeness (QED) is 0.448. The molecule has 2 rings (SSSR count). The Balaban J connectivity index is 2.16. The molecule has 0 N–H and O–H groups in total. The van der Waals surface area contributed by atoms with Gasteiger partial charge in [0.25, 0.3) is 5.69 Å². The first-order valence-corrected chi connectivity index (χ1v) is 7.16. The molecule has 7 nitrogen and oxygen atoms in total. The summed E-state index contributed by atoms with van der Waals surface area (Å²) in [4.78, 5) is 22.3. The molecule has 0 spiro atoms. The summed E-state index contributed by atoms with van der Waals surface area (Å²) in [5, 5.41) is 10.8. The number of nitro groups is 1. The second kappa shape index (κ2) is 7.65. The molecular formula is C16H14ClNO6. The van der Waals surface area contributed by atoms with Crippen LogP contribution in [0, 0.1) is 10.1 Å². The lowest BCUT2D eigenvalue weighted by Crippen LogP contribution is -2.07. The number of carbonyl (C=O) groups excluding carboxylic acids is 1. The molecule has 0 aliphatic rings. The molecule has 0 aliphatic heterocycles. The number of rotatable bonds is 6. The van der Waals surface area contributed by atoms with Crippen LogP contribution in [0.5, 0.6) is 11.5 Å². The van der Waals surface area contributed by atoms with Crippen LogP contribution in [0.25, 0.3) is 0 Å². The van der Waals surface area contributed by atoms with E-state index in [0.29, 0.717) is 17.1 Å². The third-order valence-corrected chi connectivity index (χ3v) is 3.54. The topological polar surface area (TPSA) is 87.9 Å². The number of benzene rings is 2. The van der Waals surface area contributed by atoms with E-state index in [1.807, 2.05) is 0 Å². The lowest BCUT2D eigenvalue weighted by Gasteiger charge is -2.11. The minimum Gasteiger partial charge on any atom is -0.497 e. The van der Waals surface area contributed by atoms with Crippen molar-refractivity contribution in [1.29, 1.82) is 0 Å². The number of carbonyl (C=O) groups is 1. The van der Waals surface area contributed by atoms with Crippen molar-refractivity contribution in [3.8, 4) is 11.5 Å². The fourth-order valence-corrected chi connectivity index (χ4v) is 2.19. The number of nitrogens with zero attached hydrogens (tertiary/aromatic N) is 1. The maximum atomic E-state index is 12.1. The van der Waals surface area contributed by atoms with E-state index in [-0.39, 0.29) is 22.9 Å². The molecule has 0 radical (unpaired) electrons. The van der Waals surface area contributed by atoms with Crippen LogP contribution in [-0.4, -0.2) is 25.1 Å². The van der Waals surface area contributed by atoms with Crippen LogP contribution < -0.4 is 9.47 Å². The van der Waals surface area contributed by atoms with Gasteiger partial charge in [-0.25, -0.2) is 4.79 Å². The number of nitro benzene ring substituents is 1.